The number of rotatable bonds is 4. The van der Waals surface area contributed by atoms with E-state index < -0.39 is 0 Å². The fourth-order valence-electron chi connectivity index (χ4n) is 2.48. The van der Waals surface area contributed by atoms with Crippen molar-refractivity contribution in [1.29, 1.82) is 0 Å². The largest absolute Gasteiger partial charge is 0.381 e. The van der Waals surface area contributed by atoms with Gasteiger partial charge in [-0.25, -0.2) is 0 Å². The van der Waals surface area contributed by atoms with Gasteiger partial charge in [0.2, 0.25) is 0 Å². The summed E-state index contributed by atoms with van der Waals surface area (Å²) in [5.41, 5.74) is 6.94. The Morgan fingerprint density at radius 1 is 1.50 bits per heavy atom. The van der Waals surface area contributed by atoms with Crippen molar-refractivity contribution in [2.45, 2.75) is 31.5 Å². The number of likely N-dealkylation sites (tertiary alicyclic amines) is 1. The van der Waals surface area contributed by atoms with E-state index in [0.717, 1.165) is 40.6 Å². The fraction of sp³-hybridized carbons (Fsp3) is 0.615. The Bertz CT molecular complexity index is 436. The van der Waals surface area contributed by atoms with Crippen LogP contribution in [0.2, 0.25) is 0 Å². The highest BCUT2D eigenvalue weighted by Crippen LogP contribution is 2.25. The van der Waals surface area contributed by atoms with E-state index in [-0.39, 0.29) is 12.4 Å². The molecule has 20 heavy (non-hydrogen) atoms. The summed E-state index contributed by atoms with van der Waals surface area (Å²) < 4.78 is 7.46. The van der Waals surface area contributed by atoms with Crippen LogP contribution >= 0.6 is 44.3 Å². The summed E-state index contributed by atoms with van der Waals surface area (Å²) in [5, 5.41) is 0. The van der Waals surface area contributed by atoms with Gasteiger partial charge in [0, 0.05) is 47.9 Å². The molecule has 1 aliphatic rings. The summed E-state index contributed by atoms with van der Waals surface area (Å²) in [5.74, 6) is 0. The van der Waals surface area contributed by atoms with Gasteiger partial charge in [-0.05, 0) is 50.8 Å². The second-order valence-corrected chi connectivity index (χ2v) is 6.59. The molecule has 4 nitrogen and oxygen atoms in total. The van der Waals surface area contributed by atoms with Crippen LogP contribution < -0.4 is 5.73 Å². The first-order valence-corrected chi connectivity index (χ1v) is 7.99. The number of aromatic nitrogens is 1. The van der Waals surface area contributed by atoms with Crippen molar-refractivity contribution in [1.82, 2.24) is 9.88 Å². The van der Waals surface area contributed by atoms with Gasteiger partial charge in [0.05, 0.1) is 11.8 Å². The van der Waals surface area contributed by atoms with Crippen LogP contribution in [0.25, 0.3) is 0 Å². The Balaban J connectivity index is 0.00000200. The van der Waals surface area contributed by atoms with Crippen LogP contribution in [0.4, 0.5) is 0 Å². The van der Waals surface area contributed by atoms with Gasteiger partial charge in [0.15, 0.2) is 0 Å². The first-order chi connectivity index (χ1) is 9.13. The molecule has 2 N–H and O–H groups in total. The minimum absolute atomic E-state index is 0. The van der Waals surface area contributed by atoms with Crippen LogP contribution in [0.1, 0.15) is 18.5 Å². The number of nitrogens with zero attached hydrogens (tertiary/aromatic N) is 2. The molecular formula is C13H20Br2ClN3O. The number of hydrogen-bond donors (Lipinski definition) is 1. The number of hydrogen-bond acceptors (Lipinski definition) is 4. The first-order valence-electron chi connectivity index (χ1n) is 6.41. The van der Waals surface area contributed by atoms with Gasteiger partial charge in [-0.3, -0.25) is 9.88 Å². The van der Waals surface area contributed by atoms with Crippen LogP contribution in [-0.2, 0) is 11.3 Å². The minimum Gasteiger partial charge on any atom is -0.381 e. The number of nitrogens with two attached hydrogens (primary N) is 1. The normalized spacial score (nSPS) is 23.4. The predicted octanol–water partition coefficient (Wildman–Crippen LogP) is 2.97. The number of methoxy groups -OCH3 is 1. The molecule has 0 spiro atoms. The standard InChI is InChI=1S/C13H19Br2N3O.ClH/c1-19-11-2-3-18(10(5-11)6-16)8-13-12(15)4-9(14)7-17-13;/h4,7,10-11H,2-3,5-6,8,16H2,1H3;1H. The Kier molecular flexibility index (Phi) is 7.93. The lowest BCUT2D eigenvalue weighted by Crippen LogP contribution is -2.48. The van der Waals surface area contributed by atoms with Crippen LogP contribution in [0, 0.1) is 0 Å². The van der Waals surface area contributed by atoms with Crippen molar-refractivity contribution >= 4 is 44.3 Å². The van der Waals surface area contributed by atoms with Crippen LogP contribution in [0.5, 0.6) is 0 Å². The van der Waals surface area contributed by atoms with Crippen molar-refractivity contribution < 1.29 is 4.74 Å². The van der Waals surface area contributed by atoms with Crippen molar-refractivity contribution in [3.05, 3.63) is 26.9 Å². The zero-order valence-electron chi connectivity index (χ0n) is 11.4. The van der Waals surface area contributed by atoms with E-state index >= 15 is 0 Å². The molecule has 1 aliphatic heterocycles. The molecule has 0 bridgehead atoms. The predicted molar refractivity (Wildman–Crippen MR) is 90.2 cm³/mol. The third-order valence-corrected chi connectivity index (χ3v) is 4.75. The van der Waals surface area contributed by atoms with Gasteiger partial charge in [0.25, 0.3) is 0 Å². The zero-order valence-corrected chi connectivity index (χ0v) is 15.4. The van der Waals surface area contributed by atoms with Crippen molar-refractivity contribution in [3.63, 3.8) is 0 Å². The number of pyridine rings is 1. The molecule has 1 saturated heterocycles. The molecule has 7 heteroatoms. The quantitative estimate of drug-likeness (QED) is 0.800. The maximum absolute atomic E-state index is 5.89. The number of halogens is 3. The van der Waals surface area contributed by atoms with Crippen LogP contribution in [0.3, 0.4) is 0 Å². The number of piperidine rings is 1. The number of ether oxygens (including phenoxy) is 1. The molecule has 2 unspecified atom stereocenters. The molecule has 114 valence electrons. The maximum atomic E-state index is 5.89. The van der Waals surface area contributed by atoms with Crippen LogP contribution in [-0.4, -0.2) is 42.2 Å². The van der Waals surface area contributed by atoms with E-state index in [0.29, 0.717) is 18.7 Å². The Hall–Kier alpha value is 0.280. The average molecular weight is 430 g/mol. The lowest BCUT2D eigenvalue weighted by molar-refractivity contribution is 0.00970. The third-order valence-electron chi connectivity index (χ3n) is 3.63. The van der Waals surface area contributed by atoms with Gasteiger partial charge in [-0.15, -0.1) is 12.4 Å². The monoisotopic (exact) mass is 427 g/mol. The summed E-state index contributed by atoms with van der Waals surface area (Å²) in [4.78, 5) is 6.87. The fourth-order valence-corrected chi connectivity index (χ4v) is 3.59. The third kappa shape index (κ3) is 4.64. The Morgan fingerprint density at radius 2 is 2.25 bits per heavy atom. The topological polar surface area (TPSA) is 51.4 Å². The second kappa shape index (κ2) is 8.66. The molecule has 2 atom stereocenters. The van der Waals surface area contributed by atoms with Crippen molar-refractivity contribution in [2.24, 2.45) is 5.73 Å². The van der Waals surface area contributed by atoms with Gasteiger partial charge in [-0.2, -0.15) is 0 Å². The zero-order chi connectivity index (χ0) is 13.8. The maximum Gasteiger partial charge on any atom is 0.0686 e. The van der Waals surface area contributed by atoms with E-state index in [2.05, 4.69) is 41.7 Å². The summed E-state index contributed by atoms with van der Waals surface area (Å²) in [6, 6.07) is 2.40. The SMILES string of the molecule is COC1CCN(Cc2ncc(Br)cc2Br)C(CN)C1.Cl. The summed E-state index contributed by atoms with van der Waals surface area (Å²) >= 11 is 6.99. The van der Waals surface area contributed by atoms with Crippen molar-refractivity contribution in [2.75, 3.05) is 20.2 Å². The minimum atomic E-state index is 0. The molecule has 0 amide bonds. The molecule has 0 radical (unpaired) electrons. The highest BCUT2D eigenvalue weighted by molar-refractivity contribution is 9.11. The summed E-state index contributed by atoms with van der Waals surface area (Å²) in [6.07, 6.45) is 4.23. The van der Waals surface area contributed by atoms with Gasteiger partial charge >= 0.3 is 0 Å². The summed E-state index contributed by atoms with van der Waals surface area (Å²) in [7, 11) is 1.78. The molecule has 2 heterocycles. The van der Waals surface area contributed by atoms with Gasteiger partial charge in [0.1, 0.15) is 0 Å². The van der Waals surface area contributed by atoms with Gasteiger partial charge < -0.3 is 10.5 Å². The molecule has 1 aromatic heterocycles. The van der Waals surface area contributed by atoms with E-state index in [1.807, 2.05) is 12.3 Å². The van der Waals surface area contributed by atoms with E-state index in [9.17, 15) is 0 Å². The molecule has 1 fully saturated rings. The second-order valence-electron chi connectivity index (χ2n) is 4.82. The Morgan fingerprint density at radius 3 is 2.85 bits per heavy atom. The lowest BCUT2D eigenvalue weighted by Gasteiger charge is -2.38. The Labute approximate surface area is 143 Å². The highest BCUT2D eigenvalue weighted by atomic mass is 79.9. The van der Waals surface area contributed by atoms with Crippen LogP contribution in [0.15, 0.2) is 21.2 Å². The van der Waals surface area contributed by atoms with Crippen molar-refractivity contribution in [3.8, 4) is 0 Å². The smallest absolute Gasteiger partial charge is 0.0686 e. The summed E-state index contributed by atoms with van der Waals surface area (Å²) in [6.45, 7) is 2.49. The van der Waals surface area contributed by atoms with E-state index in [4.69, 9.17) is 10.5 Å². The molecular weight excluding hydrogens is 409 g/mol. The highest BCUT2D eigenvalue weighted by Gasteiger charge is 2.28. The molecule has 0 saturated carbocycles. The van der Waals surface area contributed by atoms with E-state index in [1.54, 1.807) is 7.11 Å². The van der Waals surface area contributed by atoms with Gasteiger partial charge in [-0.1, -0.05) is 0 Å². The van der Waals surface area contributed by atoms with E-state index in [1.165, 1.54) is 0 Å². The average Bonchev–Trinajstić information content (AvgIpc) is 2.42. The molecule has 0 aromatic carbocycles. The first kappa shape index (κ1) is 18.3. The lowest BCUT2D eigenvalue weighted by atomic mass is 9.99. The molecule has 2 rings (SSSR count). The molecule has 1 aromatic rings. The molecule has 0 aliphatic carbocycles.